The first-order valence-corrected chi connectivity index (χ1v) is 8.05. The van der Waals surface area contributed by atoms with Gasteiger partial charge in [-0.2, -0.15) is 0 Å². The van der Waals surface area contributed by atoms with E-state index in [0.29, 0.717) is 18.1 Å². The number of halogens is 1. The molecule has 23 heavy (non-hydrogen) atoms. The second-order valence-electron chi connectivity index (χ2n) is 5.94. The van der Waals surface area contributed by atoms with Gasteiger partial charge >= 0.3 is 0 Å². The summed E-state index contributed by atoms with van der Waals surface area (Å²) in [6, 6.07) is 5.40. The number of hydrogen-bond acceptors (Lipinski definition) is 3. The van der Waals surface area contributed by atoms with Gasteiger partial charge in [0.15, 0.2) is 6.10 Å². The first-order valence-electron chi connectivity index (χ1n) is 8.05. The minimum atomic E-state index is -0.796. The molecule has 1 saturated carbocycles. The van der Waals surface area contributed by atoms with Crippen LogP contribution in [0.2, 0.25) is 0 Å². The molecule has 6 heteroatoms. The van der Waals surface area contributed by atoms with Crippen LogP contribution in [0.15, 0.2) is 24.3 Å². The third-order valence-corrected chi connectivity index (χ3v) is 4.08. The standard InChI is InChI=1S/C17H23FN2O3/c1-12(23-15-9-7-14(18)8-10-15)17(22)20-19-16(21)11-6-13-4-2-3-5-13/h7-10,12-13H,2-6,11H2,1H3,(H,19,21)(H,20,22). The number of benzene rings is 1. The quantitative estimate of drug-likeness (QED) is 0.791. The molecular weight excluding hydrogens is 299 g/mol. The van der Waals surface area contributed by atoms with Crippen LogP contribution < -0.4 is 15.6 Å². The largest absolute Gasteiger partial charge is 0.481 e. The van der Waals surface area contributed by atoms with E-state index < -0.39 is 12.0 Å². The number of hydrogen-bond donors (Lipinski definition) is 2. The average molecular weight is 322 g/mol. The van der Waals surface area contributed by atoms with Gasteiger partial charge in [0.05, 0.1) is 0 Å². The highest BCUT2D eigenvalue weighted by Gasteiger charge is 2.18. The Hall–Kier alpha value is -2.11. The van der Waals surface area contributed by atoms with Gasteiger partial charge in [-0.1, -0.05) is 25.7 Å². The van der Waals surface area contributed by atoms with Gasteiger partial charge in [-0.15, -0.1) is 0 Å². The zero-order valence-electron chi connectivity index (χ0n) is 13.3. The van der Waals surface area contributed by atoms with Crippen LogP contribution in [0.3, 0.4) is 0 Å². The first-order chi connectivity index (χ1) is 11.0. The fourth-order valence-electron chi connectivity index (χ4n) is 2.70. The molecule has 0 heterocycles. The second kappa shape index (κ2) is 8.50. The summed E-state index contributed by atoms with van der Waals surface area (Å²) in [5, 5.41) is 0. The Balaban J connectivity index is 1.66. The van der Waals surface area contributed by atoms with Crippen LogP contribution in [0, 0.1) is 11.7 Å². The molecule has 0 saturated heterocycles. The van der Waals surface area contributed by atoms with E-state index in [1.807, 2.05) is 0 Å². The van der Waals surface area contributed by atoms with Crippen molar-refractivity contribution in [3.8, 4) is 5.75 Å². The SMILES string of the molecule is CC(Oc1ccc(F)cc1)C(=O)NNC(=O)CCC1CCCC1. The van der Waals surface area contributed by atoms with Crippen molar-refractivity contribution in [1.82, 2.24) is 10.9 Å². The van der Waals surface area contributed by atoms with E-state index >= 15 is 0 Å². The molecule has 1 unspecified atom stereocenters. The van der Waals surface area contributed by atoms with Crippen molar-refractivity contribution in [2.45, 2.75) is 51.6 Å². The van der Waals surface area contributed by atoms with Crippen molar-refractivity contribution in [2.24, 2.45) is 5.92 Å². The lowest BCUT2D eigenvalue weighted by Gasteiger charge is -2.15. The summed E-state index contributed by atoms with van der Waals surface area (Å²) in [7, 11) is 0. The molecule has 1 aliphatic carbocycles. The van der Waals surface area contributed by atoms with Crippen molar-refractivity contribution in [3.63, 3.8) is 0 Å². The number of amides is 2. The number of carbonyl (C=O) groups excluding carboxylic acids is 2. The van der Waals surface area contributed by atoms with Crippen LogP contribution in [0.4, 0.5) is 4.39 Å². The van der Waals surface area contributed by atoms with Crippen molar-refractivity contribution < 1.29 is 18.7 Å². The first kappa shape index (κ1) is 17.2. The van der Waals surface area contributed by atoms with Crippen LogP contribution in [-0.2, 0) is 9.59 Å². The van der Waals surface area contributed by atoms with Crippen molar-refractivity contribution in [2.75, 3.05) is 0 Å². The summed E-state index contributed by atoms with van der Waals surface area (Å²) < 4.78 is 18.2. The molecule has 1 fully saturated rings. The van der Waals surface area contributed by atoms with Gasteiger partial charge in [0.1, 0.15) is 11.6 Å². The van der Waals surface area contributed by atoms with Gasteiger partial charge in [-0.05, 0) is 43.5 Å². The molecular formula is C17H23FN2O3. The molecule has 2 N–H and O–H groups in total. The molecule has 1 aromatic rings. The smallest absolute Gasteiger partial charge is 0.279 e. The summed E-state index contributed by atoms with van der Waals surface area (Å²) >= 11 is 0. The zero-order chi connectivity index (χ0) is 16.7. The maximum atomic E-state index is 12.8. The average Bonchev–Trinajstić information content (AvgIpc) is 3.06. The maximum absolute atomic E-state index is 12.8. The van der Waals surface area contributed by atoms with Crippen LogP contribution in [0.5, 0.6) is 5.75 Å². The molecule has 1 aliphatic rings. The number of nitrogens with one attached hydrogen (secondary N) is 2. The molecule has 0 radical (unpaired) electrons. The van der Waals surface area contributed by atoms with Gasteiger partial charge in [0.25, 0.3) is 5.91 Å². The highest BCUT2D eigenvalue weighted by molar-refractivity contribution is 5.84. The van der Waals surface area contributed by atoms with Crippen molar-refractivity contribution in [1.29, 1.82) is 0 Å². The van der Waals surface area contributed by atoms with Crippen molar-refractivity contribution >= 4 is 11.8 Å². The van der Waals surface area contributed by atoms with Crippen LogP contribution in [0.25, 0.3) is 0 Å². The van der Waals surface area contributed by atoms with E-state index in [0.717, 1.165) is 6.42 Å². The van der Waals surface area contributed by atoms with Gasteiger partial charge in [0.2, 0.25) is 5.91 Å². The van der Waals surface area contributed by atoms with Crippen LogP contribution in [0.1, 0.15) is 45.4 Å². The molecule has 2 amide bonds. The molecule has 126 valence electrons. The maximum Gasteiger partial charge on any atom is 0.279 e. The molecule has 2 rings (SSSR count). The lowest BCUT2D eigenvalue weighted by atomic mass is 10.0. The number of hydrazine groups is 1. The molecule has 1 aromatic carbocycles. The van der Waals surface area contributed by atoms with Crippen LogP contribution in [-0.4, -0.2) is 17.9 Å². The third-order valence-electron chi connectivity index (χ3n) is 4.08. The lowest BCUT2D eigenvalue weighted by Crippen LogP contribution is -2.47. The number of carbonyl (C=O) groups is 2. The molecule has 0 bridgehead atoms. The lowest BCUT2D eigenvalue weighted by molar-refractivity contribution is -0.132. The zero-order valence-corrected chi connectivity index (χ0v) is 13.3. The predicted octanol–water partition coefficient (Wildman–Crippen LogP) is 2.71. The summed E-state index contributed by atoms with van der Waals surface area (Å²) in [5.41, 5.74) is 4.76. The second-order valence-corrected chi connectivity index (χ2v) is 5.94. The van der Waals surface area contributed by atoms with E-state index in [-0.39, 0.29) is 11.7 Å². The van der Waals surface area contributed by atoms with E-state index in [1.165, 1.54) is 49.9 Å². The summed E-state index contributed by atoms with van der Waals surface area (Å²) in [4.78, 5) is 23.6. The van der Waals surface area contributed by atoms with E-state index in [4.69, 9.17) is 4.74 Å². The Morgan fingerprint density at radius 3 is 2.52 bits per heavy atom. The van der Waals surface area contributed by atoms with Gasteiger partial charge in [-0.3, -0.25) is 20.4 Å². The monoisotopic (exact) mass is 322 g/mol. The van der Waals surface area contributed by atoms with Gasteiger partial charge < -0.3 is 4.74 Å². The summed E-state index contributed by atoms with van der Waals surface area (Å²) in [6.45, 7) is 1.56. The Bertz CT molecular complexity index is 527. The summed E-state index contributed by atoms with van der Waals surface area (Å²) in [5.74, 6) is 0.00514. The summed E-state index contributed by atoms with van der Waals surface area (Å²) in [6.07, 6.45) is 5.38. The normalized spacial score (nSPS) is 15.9. The Kier molecular flexibility index (Phi) is 6.38. The molecule has 5 nitrogen and oxygen atoms in total. The van der Waals surface area contributed by atoms with Gasteiger partial charge in [0, 0.05) is 6.42 Å². The third kappa shape index (κ3) is 5.88. The molecule has 0 spiro atoms. The fraction of sp³-hybridized carbons (Fsp3) is 0.529. The number of ether oxygens (including phenoxy) is 1. The Labute approximate surface area is 135 Å². The molecule has 0 aromatic heterocycles. The minimum absolute atomic E-state index is 0.195. The topological polar surface area (TPSA) is 67.4 Å². The van der Waals surface area contributed by atoms with Crippen LogP contribution >= 0.6 is 0 Å². The minimum Gasteiger partial charge on any atom is -0.481 e. The Morgan fingerprint density at radius 2 is 1.87 bits per heavy atom. The van der Waals surface area contributed by atoms with E-state index in [1.54, 1.807) is 6.92 Å². The highest BCUT2D eigenvalue weighted by atomic mass is 19.1. The van der Waals surface area contributed by atoms with E-state index in [2.05, 4.69) is 10.9 Å². The highest BCUT2D eigenvalue weighted by Crippen LogP contribution is 2.28. The predicted molar refractivity (Wildman–Crippen MR) is 84.0 cm³/mol. The van der Waals surface area contributed by atoms with E-state index in [9.17, 15) is 14.0 Å². The number of rotatable bonds is 6. The van der Waals surface area contributed by atoms with Crippen molar-refractivity contribution in [3.05, 3.63) is 30.1 Å². The Morgan fingerprint density at radius 1 is 1.22 bits per heavy atom. The van der Waals surface area contributed by atoms with Gasteiger partial charge in [-0.25, -0.2) is 4.39 Å². The molecule has 1 atom stereocenters. The fourth-order valence-corrected chi connectivity index (χ4v) is 2.70. The molecule has 0 aliphatic heterocycles.